The zero-order chi connectivity index (χ0) is 13.6. The van der Waals surface area contributed by atoms with Gasteiger partial charge in [0.15, 0.2) is 0 Å². The predicted octanol–water partition coefficient (Wildman–Crippen LogP) is 4.36. The highest BCUT2D eigenvalue weighted by molar-refractivity contribution is 5.65. The lowest BCUT2D eigenvalue weighted by Gasteiger charge is -2.07. The number of nitrogens with one attached hydrogen (secondary N) is 1. The fourth-order valence-electron chi connectivity index (χ4n) is 2.12. The Labute approximate surface area is 119 Å². The van der Waals surface area contributed by atoms with E-state index in [4.69, 9.17) is 0 Å². The van der Waals surface area contributed by atoms with Crippen molar-refractivity contribution in [3.8, 4) is 11.1 Å². The van der Waals surface area contributed by atoms with Gasteiger partial charge >= 0.3 is 0 Å². The Bertz CT molecular complexity index is 646. The number of aromatic nitrogens is 1. The van der Waals surface area contributed by atoms with Crippen LogP contribution in [0.2, 0.25) is 0 Å². The van der Waals surface area contributed by atoms with Gasteiger partial charge in [0.05, 0.1) is 0 Å². The summed E-state index contributed by atoms with van der Waals surface area (Å²) >= 11 is 0. The minimum atomic E-state index is 0.790. The van der Waals surface area contributed by atoms with Crippen molar-refractivity contribution in [2.45, 2.75) is 6.54 Å². The zero-order valence-electron chi connectivity index (χ0n) is 11.2. The molecule has 0 aliphatic heterocycles. The summed E-state index contributed by atoms with van der Waals surface area (Å²) in [5.74, 6) is 0. The molecule has 0 radical (unpaired) electrons. The molecule has 20 heavy (non-hydrogen) atoms. The monoisotopic (exact) mass is 260 g/mol. The van der Waals surface area contributed by atoms with Crippen LogP contribution in [0.5, 0.6) is 0 Å². The molecule has 2 nitrogen and oxygen atoms in total. The van der Waals surface area contributed by atoms with Gasteiger partial charge in [0.2, 0.25) is 0 Å². The van der Waals surface area contributed by atoms with Crippen molar-refractivity contribution in [3.63, 3.8) is 0 Å². The van der Waals surface area contributed by atoms with Crippen molar-refractivity contribution in [1.29, 1.82) is 0 Å². The Morgan fingerprint density at radius 2 is 1.50 bits per heavy atom. The van der Waals surface area contributed by atoms with Crippen molar-refractivity contribution < 1.29 is 0 Å². The molecule has 0 fully saturated rings. The average Bonchev–Trinajstić information content (AvgIpc) is 2.55. The zero-order valence-corrected chi connectivity index (χ0v) is 11.2. The molecular weight excluding hydrogens is 244 g/mol. The predicted molar refractivity (Wildman–Crippen MR) is 83.4 cm³/mol. The normalized spacial score (nSPS) is 10.2. The molecule has 98 valence electrons. The van der Waals surface area contributed by atoms with Crippen LogP contribution in [-0.4, -0.2) is 4.98 Å². The minimum Gasteiger partial charge on any atom is -0.381 e. The van der Waals surface area contributed by atoms with Gasteiger partial charge in [-0.15, -0.1) is 0 Å². The van der Waals surface area contributed by atoms with Gasteiger partial charge in [-0.25, -0.2) is 0 Å². The van der Waals surface area contributed by atoms with E-state index in [9.17, 15) is 0 Å². The number of hydrogen-bond acceptors (Lipinski definition) is 2. The lowest BCUT2D eigenvalue weighted by Crippen LogP contribution is -1.99. The summed E-state index contributed by atoms with van der Waals surface area (Å²) in [5.41, 5.74) is 4.78. The van der Waals surface area contributed by atoms with E-state index in [2.05, 4.69) is 64.9 Å². The summed E-state index contributed by atoms with van der Waals surface area (Å²) in [5, 5.41) is 3.40. The highest BCUT2D eigenvalue weighted by Gasteiger charge is 1.97. The second-order valence-corrected chi connectivity index (χ2v) is 4.66. The van der Waals surface area contributed by atoms with Gasteiger partial charge in [-0.05, 0) is 34.9 Å². The van der Waals surface area contributed by atoms with Crippen LogP contribution in [0.1, 0.15) is 5.56 Å². The van der Waals surface area contributed by atoms with Crippen LogP contribution in [0.15, 0.2) is 79.1 Å². The number of rotatable bonds is 4. The second kappa shape index (κ2) is 6.02. The first kappa shape index (κ1) is 12.4. The summed E-state index contributed by atoms with van der Waals surface area (Å²) < 4.78 is 0. The molecule has 0 bridgehead atoms. The van der Waals surface area contributed by atoms with Crippen LogP contribution in [0, 0.1) is 0 Å². The van der Waals surface area contributed by atoms with E-state index in [0.717, 1.165) is 12.2 Å². The van der Waals surface area contributed by atoms with Gasteiger partial charge in [-0.2, -0.15) is 0 Å². The number of benzene rings is 2. The Balaban J connectivity index is 1.68. The third kappa shape index (κ3) is 3.04. The molecule has 0 amide bonds. The number of anilines is 1. The van der Waals surface area contributed by atoms with E-state index < -0.39 is 0 Å². The molecular formula is C18H16N2. The fourth-order valence-corrected chi connectivity index (χ4v) is 2.12. The van der Waals surface area contributed by atoms with Crippen molar-refractivity contribution in [2.24, 2.45) is 0 Å². The molecule has 0 unspecified atom stereocenters. The Morgan fingerprint density at radius 3 is 2.20 bits per heavy atom. The third-order valence-corrected chi connectivity index (χ3v) is 3.21. The van der Waals surface area contributed by atoms with Gasteiger partial charge in [0, 0.05) is 24.6 Å². The quantitative estimate of drug-likeness (QED) is 0.754. The van der Waals surface area contributed by atoms with Gasteiger partial charge in [0.1, 0.15) is 0 Å². The highest BCUT2D eigenvalue weighted by Crippen LogP contribution is 2.21. The Kier molecular flexibility index (Phi) is 3.74. The van der Waals surface area contributed by atoms with Crippen LogP contribution in [0.25, 0.3) is 11.1 Å². The maximum absolute atomic E-state index is 4.11. The van der Waals surface area contributed by atoms with Crippen LogP contribution in [0.3, 0.4) is 0 Å². The SMILES string of the molecule is c1ccc(-c2ccc(NCc3cccnc3)cc2)cc1. The molecule has 0 saturated heterocycles. The van der Waals surface area contributed by atoms with Gasteiger partial charge in [0.25, 0.3) is 0 Å². The van der Waals surface area contributed by atoms with Gasteiger partial charge in [-0.3, -0.25) is 4.98 Å². The second-order valence-electron chi connectivity index (χ2n) is 4.66. The molecule has 1 aromatic heterocycles. The molecule has 1 heterocycles. The Hall–Kier alpha value is -2.61. The molecule has 1 N–H and O–H groups in total. The first-order chi connectivity index (χ1) is 9.92. The number of nitrogens with zero attached hydrogens (tertiary/aromatic N) is 1. The molecule has 2 aromatic carbocycles. The van der Waals surface area contributed by atoms with Crippen molar-refractivity contribution in [2.75, 3.05) is 5.32 Å². The summed E-state index contributed by atoms with van der Waals surface area (Å²) in [6.45, 7) is 0.790. The molecule has 3 rings (SSSR count). The van der Waals surface area contributed by atoms with Crippen LogP contribution >= 0.6 is 0 Å². The molecule has 0 atom stereocenters. The first-order valence-electron chi connectivity index (χ1n) is 6.70. The molecule has 0 aliphatic carbocycles. The van der Waals surface area contributed by atoms with E-state index in [1.54, 1.807) is 6.20 Å². The van der Waals surface area contributed by atoms with Crippen molar-refractivity contribution in [3.05, 3.63) is 84.7 Å². The molecule has 0 aliphatic rings. The summed E-state index contributed by atoms with van der Waals surface area (Å²) in [6.07, 6.45) is 3.67. The average molecular weight is 260 g/mol. The highest BCUT2D eigenvalue weighted by atomic mass is 14.9. The van der Waals surface area contributed by atoms with E-state index in [-0.39, 0.29) is 0 Å². The lowest BCUT2D eigenvalue weighted by molar-refractivity contribution is 1.11. The number of hydrogen-bond donors (Lipinski definition) is 1. The van der Waals surface area contributed by atoms with Crippen molar-refractivity contribution in [1.82, 2.24) is 4.98 Å². The van der Waals surface area contributed by atoms with E-state index in [1.165, 1.54) is 16.7 Å². The summed E-state index contributed by atoms with van der Waals surface area (Å²) in [7, 11) is 0. The number of pyridine rings is 1. The maximum Gasteiger partial charge on any atom is 0.0416 e. The molecule has 2 heteroatoms. The smallest absolute Gasteiger partial charge is 0.0416 e. The maximum atomic E-state index is 4.11. The van der Waals surface area contributed by atoms with Crippen LogP contribution in [0.4, 0.5) is 5.69 Å². The standard InChI is InChI=1S/C18H16N2/c1-2-6-16(7-3-1)17-8-10-18(11-9-17)20-14-15-5-4-12-19-13-15/h1-13,20H,14H2. The van der Waals surface area contributed by atoms with E-state index in [0.29, 0.717) is 0 Å². The minimum absolute atomic E-state index is 0.790. The van der Waals surface area contributed by atoms with Crippen LogP contribution in [-0.2, 0) is 6.54 Å². The topological polar surface area (TPSA) is 24.9 Å². The van der Waals surface area contributed by atoms with Crippen molar-refractivity contribution >= 4 is 5.69 Å². The fraction of sp³-hybridized carbons (Fsp3) is 0.0556. The van der Waals surface area contributed by atoms with Gasteiger partial charge in [-0.1, -0.05) is 48.5 Å². The van der Waals surface area contributed by atoms with E-state index >= 15 is 0 Å². The summed E-state index contributed by atoms with van der Waals surface area (Å²) in [4.78, 5) is 4.11. The molecule has 3 aromatic rings. The Morgan fingerprint density at radius 1 is 0.750 bits per heavy atom. The third-order valence-electron chi connectivity index (χ3n) is 3.21. The lowest BCUT2D eigenvalue weighted by atomic mass is 10.1. The molecule has 0 spiro atoms. The van der Waals surface area contributed by atoms with Crippen LogP contribution < -0.4 is 5.32 Å². The summed E-state index contributed by atoms with van der Waals surface area (Å²) in [6, 6.07) is 22.9. The largest absolute Gasteiger partial charge is 0.381 e. The van der Waals surface area contributed by atoms with E-state index in [1.807, 2.05) is 18.3 Å². The molecule has 0 saturated carbocycles. The van der Waals surface area contributed by atoms with Gasteiger partial charge < -0.3 is 5.32 Å². The first-order valence-corrected chi connectivity index (χ1v) is 6.70.